The van der Waals surface area contributed by atoms with Gasteiger partial charge in [-0.3, -0.25) is 0 Å². The van der Waals surface area contributed by atoms with Gasteiger partial charge in [-0.1, -0.05) is 37.8 Å². The summed E-state index contributed by atoms with van der Waals surface area (Å²) in [5.41, 5.74) is 8.99. The summed E-state index contributed by atoms with van der Waals surface area (Å²) in [7, 11) is 0. The quantitative estimate of drug-likeness (QED) is 0.276. The van der Waals surface area contributed by atoms with Crippen molar-refractivity contribution in [1.82, 2.24) is 24.6 Å². The maximum absolute atomic E-state index is 13.4. The minimum atomic E-state index is -0.269. The van der Waals surface area contributed by atoms with Crippen LogP contribution in [0.15, 0.2) is 48.8 Å². The molecule has 1 aliphatic carbocycles. The maximum Gasteiger partial charge on any atom is 0.318 e. The molecule has 0 radical (unpaired) electrons. The third-order valence-corrected chi connectivity index (χ3v) is 6.58. The van der Waals surface area contributed by atoms with Crippen molar-refractivity contribution < 1.29 is 13.4 Å². The number of nitrogen functional groups attached to an aromatic ring is 1. The predicted octanol–water partition coefficient (Wildman–Crippen LogP) is 6.17. The first-order chi connectivity index (χ1) is 17.1. The number of anilines is 2. The molecule has 188 valence electrons. The number of nitrogens with two attached hydrogens (primary N) is 1. The van der Waals surface area contributed by atoms with E-state index in [1.807, 2.05) is 13.0 Å². The molecule has 0 saturated heterocycles. The highest BCUT2D eigenvalue weighted by molar-refractivity contribution is 5.85. The fraction of sp³-hybridized carbons (Fsp3) is 0.385. The Morgan fingerprint density at radius 3 is 2.83 bits per heavy atom. The molecule has 9 heteroatoms. The number of aromatic nitrogens is 5. The first-order valence-electron chi connectivity index (χ1n) is 12.2. The molecular formula is C26H36FN7O. The lowest BCUT2D eigenvalue weighted by atomic mass is 10.0. The van der Waals surface area contributed by atoms with Gasteiger partial charge < -0.3 is 15.8 Å². The van der Waals surface area contributed by atoms with Crippen molar-refractivity contribution in [2.45, 2.75) is 51.5 Å². The molecule has 8 nitrogen and oxygen atoms in total. The van der Waals surface area contributed by atoms with Crippen LogP contribution < -0.4 is 15.8 Å². The van der Waals surface area contributed by atoms with E-state index in [0.717, 1.165) is 24.3 Å². The number of hydrogen-bond acceptors (Lipinski definition) is 7. The van der Waals surface area contributed by atoms with Crippen LogP contribution >= 0.6 is 0 Å². The fourth-order valence-corrected chi connectivity index (χ4v) is 4.73. The topological polar surface area (TPSA) is 103 Å². The van der Waals surface area contributed by atoms with Crippen molar-refractivity contribution >= 4 is 17.3 Å². The van der Waals surface area contributed by atoms with Crippen LogP contribution in [0.2, 0.25) is 0 Å². The summed E-state index contributed by atoms with van der Waals surface area (Å²) in [6.07, 6.45) is 10.9. The second-order valence-corrected chi connectivity index (χ2v) is 9.13. The van der Waals surface area contributed by atoms with Gasteiger partial charge in [-0.05, 0) is 49.4 Å². The van der Waals surface area contributed by atoms with Crippen molar-refractivity contribution in [3.05, 3.63) is 60.2 Å². The third kappa shape index (κ3) is 5.34. The van der Waals surface area contributed by atoms with Crippen LogP contribution in [-0.2, 0) is 0 Å². The Morgan fingerprint density at radius 2 is 2.03 bits per heavy atom. The zero-order chi connectivity index (χ0) is 24.2. The highest BCUT2D eigenvalue weighted by Gasteiger charge is 2.19. The van der Waals surface area contributed by atoms with Gasteiger partial charge in [-0.2, -0.15) is 9.97 Å². The Kier molecular flexibility index (Phi) is 6.74. The lowest BCUT2D eigenvalue weighted by Gasteiger charge is -2.16. The van der Waals surface area contributed by atoms with E-state index in [2.05, 4.69) is 25.4 Å². The number of hydrogen-bond donors (Lipinski definition) is 2. The molecule has 1 aliphatic rings. The number of ether oxygens (including phenoxy) is 1. The summed E-state index contributed by atoms with van der Waals surface area (Å²) in [5.74, 6) is 1.44. The Bertz CT molecular complexity index is 1300. The molecule has 0 unspecified atom stereocenters. The highest BCUT2D eigenvalue weighted by atomic mass is 19.1. The molecule has 1 fully saturated rings. The van der Waals surface area contributed by atoms with E-state index in [1.165, 1.54) is 37.8 Å². The number of rotatable bonds is 9. The average molecular weight is 482 g/mol. The second-order valence-electron chi connectivity index (χ2n) is 9.13. The molecule has 3 N–H and O–H groups in total. The van der Waals surface area contributed by atoms with Gasteiger partial charge in [0.15, 0.2) is 11.5 Å². The van der Waals surface area contributed by atoms with Gasteiger partial charge >= 0.3 is 6.01 Å². The molecule has 1 atom stereocenters. The molecule has 3 heterocycles. The van der Waals surface area contributed by atoms with Crippen molar-refractivity contribution in [2.75, 3.05) is 17.7 Å². The summed E-state index contributed by atoms with van der Waals surface area (Å²) in [6, 6.07) is 10.2. The van der Waals surface area contributed by atoms with Crippen LogP contribution in [-0.4, -0.2) is 31.2 Å². The summed E-state index contributed by atoms with van der Waals surface area (Å²) in [6.45, 7) is 2.54. The van der Waals surface area contributed by atoms with Gasteiger partial charge in [0, 0.05) is 28.8 Å². The smallest absolute Gasteiger partial charge is 0.318 e. The molecule has 35 heavy (non-hydrogen) atoms. The summed E-state index contributed by atoms with van der Waals surface area (Å²) < 4.78 is 21.0. The van der Waals surface area contributed by atoms with Gasteiger partial charge in [0.2, 0.25) is 0 Å². The first kappa shape index (κ1) is 23.0. The fourth-order valence-electron chi connectivity index (χ4n) is 4.73. The lowest BCUT2D eigenvalue weighted by Crippen LogP contribution is -2.10. The van der Waals surface area contributed by atoms with Gasteiger partial charge in [-0.15, -0.1) is 5.10 Å². The molecule has 0 amide bonds. The molecule has 0 bridgehead atoms. The van der Waals surface area contributed by atoms with Gasteiger partial charge in [0.25, 0.3) is 0 Å². The van der Waals surface area contributed by atoms with Crippen molar-refractivity contribution in [1.29, 1.82) is 0 Å². The number of nitrogens with one attached hydrogen (secondary N) is 1. The molecule has 1 aromatic carbocycles. The molecule has 3 aromatic heterocycles. The predicted molar refractivity (Wildman–Crippen MR) is 140 cm³/mol. The first-order valence-corrected chi connectivity index (χ1v) is 12.2. The zero-order valence-corrected chi connectivity index (χ0v) is 19.8. The van der Waals surface area contributed by atoms with Gasteiger partial charge in [0.1, 0.15) is 11.6 Å². The second kappa shape index (κ2) is 10.2. The number of nitrogens with zero attached hydrogens (tertiary/aromatic N) is 5. The monoisotopic (exact) mass is 481 g/mol. The van der Waals surface area contributed by atoms with Crippen LogP contribution in [0.25, 0.3) is 16.9 Å². The van der Waals surface area contributed by atoms with Crippen molar-refractivity contribution in [3.63, 3.8) is 0 Å². The lowest BCUT2D eigenvalue weighted by molar-refractivity contribution is 0.272. The minimum Gasteiger partial charge on any atom is -0.463 e. The zero-order valence-electron chi connectivity index (χ0n) is 19.8. The summed E-state index contributed by atoms with van der Waals surface area (Å²) >= 11 is 0. The normalized spacial score (nSPS) is 14.9. The molecule has 4 aromatic rings. The van der Waals surface area contributed by atoms with E-state index in [4.69, 9.17) is 10.5 Å². The van der Waals surface area contributed by atoms with Crippen LogP contribution in [0.4, 0.5) is 16.0 Å². The molecule has 0 aliphatic heterocycles. The van der Waals surface area contributed by atoms with Crippen LogP contribution in [0.3, 0.4) is 0 Å². The third-order valence-electron chi connectivity index (χ3n) is 6.58. The Labute approximate surface area is 208 Å². The van der Waals surface area contributed by atoms with E-state index >= 15 is 0 Å². The Hall–Kier alpha value is -3.75. The van der Waals surface area contributed by atoms with Crippen molar-refractivity contribution in [3.8, 4) is 17.3 Å². The van der Waals surface area contributed by atoms with E-state index in [9.17, 15) is 4.39 Å². The maximum atomic E-state index is 13.4. The number of fused-ring (bicyclic) bond motifs is 1. The number of halogens is 1. The summed E-state index contributed by atoms with van der Waals surface area (Å²) in [5, 5.41) is 7.74. The van der Waals surface area contributed by atoms with E-state index in [0.29, 0.717) is 35.1 Å². The van der Waals surface area contributed by atoms with Crippen LogP contribution in [0.5, 0.6) is 6.01 Å². The van der Waals surface area contributed by atoms with Gasteiger partial charge in [-0.25, -0.2) is 13.9 Å². The van der Waals surface area contributed by atoms with E-state index in [-0.39, 0.29) is 22.1 Å². The molecular weight excluding hydrogens is 445 g/mol. The number of benzene rings is 1. The average Bonchev–Trinajstić information content (AvgIpc) is 3.49. The van der Waals surface area contributed by atoms with E-state index < -0.39 is 0 Å². The largest absolute Gasteiger partial charge is 0.463 e. The Morgan fingerprint density at radius 1 is 1.23 bits per heavy atom. The highest BCUT2D eigenvalue weighted by Crippen LogP contribution is 2.32. The van der Waals surface area contributed by atoms with E-state index in [1.54, 1.807) is 35.1 Å². The minimum absolute atomic E-state index is 0. The van der Waals surface area contributed by atoms with Crippen molar-refractivity contribution in [2.24, 2.45) is 5.92 Å². The standard InChI is InChI=1S/C26H30FN7O.3H2/c1-17(19-9-11-20(27)12-10-19)30-22-16-21(23-24(28)33-34-14-5-13-29-25(23)34)31-26(32-22)35-15-4-8-18-6-2-3-7-18;;;/h5,9-14,16-18H,2-4,6-8,15H2,1H3,(H2,28,33)(H,30,31,32);3*1H/t17-;;;/m0.../s1. The molecule has 0 spiro atoms. The Balaban J connectivity index is 0.00000169. The van der Waals surface area contributed by atoms with Crippen LogP contribution in [0.1, 0.15) is 61.3 Å². The van der Waals surface area contributed by atoms with Crippen LogP contribution in [0, 0.1) is 11.7 Å². The molecule has 5 rings (SSSR count). The summed E-state index contributed by atoms with van der Waals surface area (Å²) in [4.78, 5) is 13.7. The SMILES string of the molecule is C[C@H](Nc1cc(-c2c(N)nn3cccnc23)nc(OCCCC2CCCC2)n1)c1ccc(F)cc1.[HH].[HH].[HH]. The molecule has 1 saturated carbocycles. The van der Waals surface area contributed by atoms with Gasteiger partial charge in [0.05, 0.1) is 17.9 Å².